The molecule has 0 heterocycles. The molecule has 0 bridgehead atoms. The Bertz CT molecular complexity index is 856. The molecule has 0 aliphatic carbocycles. The fraction of sp³-hybridized carbons (Fsp3) is 0.364. The summed E-state index contributed by atoms with van der Waals surface area (Å²) in [7, 11) is 0. The van der Waals surface area contributed by atoms with Gasteiger partial charge in [0.2, 0.25) is 5.91 Å². The summed E-state index contributed by atoms with van der Waals surface area (Å²) in [4.78, 5) is 27.0. The minimum atomic E-state index is -0.732. The van der Waals surface area contributed by atoms with Crippen molar-refractivity contribution < 1.29 is 14.3 Å². The van der Waals surface area contributed by atoms with Crippen molar-refractivity contribution in [3.8, 4) is 5.75 Å². The van der Waals surface area contributed by atoms with Crippen molar-refractivity contribution in [3.05, 3.63) is 63.1 Å². The van der Waals surface area contributed by atoms with Gasteiger partial charge < -0.3 is 15.0 Å². The first-order valence-electron chi connectivity index (χ1n) is 9.72. The Hall–Kier alpha value is -1.95. The highest BCUT2D eigenvalue weighted by Crippen LogP contribution is 2.26. The third kappa shape index (κ3) is 7.08. The van der Waals surface area contributed by atoms with Gasteiger partial charge in [-0.25, -0.2) is 0 Å². The van der Waals surface area contributed by atoms with Crippen LogP contribution in [-0.4, -0.2) is 35.9 Å². The van der Waals surface area contributed by atoms with Gasteiger partial charge in [0.05, 0.1) is 0 Å². The topological polar surface area (TPSA) is 58.6 Å². The van der Waals surface area contributed by atoms with Gasteiger partial charge in [-0.3, -0.25) is 9.59 Å². The molecule has 8 heteroatoms. The average Bonchev–Trinajstić information content (AvgIpc) is 2.71. The van der Waals surface area contributed by atoms with Gasteiger partial charge in [-0.15, -0.1) is 0 Å². The lowest BCUT2D eigenvalue weighted by atomic mass is 10.1. The number of halogens is 3. The molecule has 0 radical (unpaired) electrons. The van der Waals surface area contributed by atoms with Gasteiger partial charge in [0.15, 0.2) is 6.61 Å². The van der Waals surface area contributed by atoms with Crippen molar-refractivity contribution in [1.29, 1.82) is 0 Å². The summed E-state index contributed by atoms with van der Waals surface area (Å²) < 4.78 is 5.58. The van der Waals surface area contributed by atoms with E-state index in [1.807, 2.05) is 6.92 Å². The molecule has 0 saturated carbocycles. The Morgan fingerprint density at radius 1 is 1.10 bits per heavy atom. The van der Waals surface area contributed by atoms with E-state index in [1.54, 1.807) is 49.4 Å². The lowest BCUT2D eigenvalue weighted by Gasteiger charge is -2.29. The third-order valence-corrected chi connectivity index (χ3v) is 5.49. The molecule has 2 rings (SSSR count). The first-order chi connectivity index (χ1) is 14.3. The number of unbranched alkanes of at least 4 members (excludes halogenated alkanes) is 1. The van der Waals surface area contributed by atoms with Gasteiger partial charge >= 0.3 is 0 Å². The molecule has 1 N–H and O–H groups in total. The number of hydrogen-bond donors (Lipinski definition) is 1. The zero-order valence-electron chi connectivity index (χ0n) is 17.0. The number of carbonyl (C=O) groups is 2. The molecular formula is C22H25Cl3N2O3. The summed E-state index contributed by atoms with van der Waals surface area (Å²) >= 11 is 18.5. The SMILES string of the molecule is CCCCNC(=O)[C@H](C)N(Cc1c(Cl)cccc1Cl)C(=O)COc1cccc(Cl)c1. The predicted molar refractivity (Wildman–Crippen MR) is 121 cm³/mol. The molecular weight excluding hydrogens is 447 g/mol. The molecule has 2 aromatic rings. The van der Waals surface area contributed by atoms with Crippen LogP contribution in [0.4, 0.5) is 0 Å². The van der Waals surface area contributed by atoms with Crippen LogP contribution in [0, 0.1) is 0 Å². The van der Waals surface area contributed by atoms with E-state index in [1.165, 1.54) is 4.90 Å². The van der Waals surface area contributed by atoms with E-state index in [0.717, 1.165) is 12.8 Å². The molecule has 5 nitrogen and oxygen atoms in total. The maximum absolute atomic E-state index is 13.0. The maximum atomic E-state index is 13.0. The van der Waals surface area contributed by atoms with E-state index >= 15 is 0 Å². The molecule has 1 atom stereocenters. The fourth-order valence-corrected chi connectivity index (χ4v) is 3.45. The highest BCUT2D eigenvalue weighted by Gasteiger charge is 2.27. The number of rotatable bonds is 10. The number of ether oxygens (including phenoxy) is 1. The molecule has 0 saturated heterocycles. The summed E-state index contributed by atoms with van der Waals surface area (Å²) in [5.74, 6) is -0.154. The van der Waals surface area contributed by atoms with E-state index < -0.39 is 6.04 Å². The maximum Gasteiger partial charge on any atom is 0.261 e. The summed E-state index contributed by atoms with van der Waals surface area (Å²) in [6, 6.07) is 11.1. The van der Waals surface area contributed by atoms with E-state index in [2.05, 4.69) is 5.32 Å². The number of nitrogens with zero attached hydrogens (tertiary/aromatic N) is 1. The molecule has 0 unspecified atom stereocenters. The second-order valence-electron chi connectivity index (χ2n) is 6.79. The average molecular weight is 472 g/mol. The smallest absolute Gasteiger partial charge is 0.261 e. The standard InChI is InChI=1S/C22H25Cl3N2O3/c1-3-4-11-26-22(29)15(2)27(13-18-19(24)9-6-10-20(18)25)21(28)14-30-17-8-5-7-16(23)12-17/h5-10,12,15H,3-4,11,13-14H2,1-2H3,(H,26,29)/t15-/m0/s1. The summed E-state index contributed by atoms with van der Waals surface area (Å²) in [5.41, 5.74) is 0.574. The van der Waals surface area contributed by atoms with Gasteiger partial charge in [-0.05, 0) is 43.7 Å². The minimum absolute atomic E-state index is 0.0820. The van der Waals surface area contributed by atoms with Gasteiger partial charge in [0, 0.05) is 33.7 Å². The highest BCUT2D eigenvalue weighted by molar-refractivity contribution is 6.36. The molecule has 2 amide bonds. The van der Waals surface area contributed by atoms with Crippen molar-refractivity contribution >= 4 is 46.6 Å². The molecule has 2 aromatic carbocycles. The van der Waals surface area contributed by atoms with Gasteiger partial charge in [0.1, 0.15) is 11.8 Å². The normalized spacial score (nSPS) is 11.6. The zero-order valence-corrected chi connectivity index (χ0v) is 19.2. The van der Waals surface area contributed by atoms with Crippen LogP contribution in [-0.2, 0) is 16.1 Å². The van der Waals surface area contributed by atoms with Gasteiger partial charge in [-0.1, -0.05) is 60.3 Å². The number of nitrogens with one attached hydrogen (secondary N) is 1. The quantitative estimate of drug-likeness (QED) is 0.475. The third-order valence-electron chi connectivity index (χ3n) is 4.55. The summed E-state index contributed by atoms with van der Waals surface area (Å²) in [6.07, 6.45) is 1.82. The molecule has 162 valence electrons. The minimum Gasteiger partial charge on any atom is -0.484 e. The number of hydrogen-bond acceptors (Lipinski definition) is 3. The van der Waals surface area contributed by atoms with Crippen LogP contribution in [0.1, 0.15) is 32.3 Å². The Labute approximate surface area is 192 Å². The second-order valence-corrected chi connectivity index (χ2v) is 8.04. The van der Waals surface area contributed by atoms with Gasteiger partial charge in [-0.2, -0.15) is 0 Å². The summed E-state index contributed by atoms with van der Waals surface area (Å²) in [6.45, 7) is 4.09. The first kappa shape index (κ1) is 24.3. The largest absolute Gasteiger partial charge is 0.484 e. The van der Waals surface area contributed by atoms with Crippen molar-refractivity contribution in [3.63, 3.8) is 0 Å². The molecule has 0 aliphatic rings. The van der Waals surface area contributed by atoms with Crippen LogP contribution in [0.3, 0.4) is 0 Å². The van der Waals surface area contributed by atoms with Gasteiger partial charge in [0.25, 0.3) is 5.91 Å². The van der Waals surface area contributed by atoms with Crippen molar-refractivity contribution in [1.82, 2.24) is 10.2 Å². The molecule has 0 aliphatic heterocycles. The highest BCUT2D eigenvalue weighted by atomic mass is 35.5. The Balaban J connectivity index is 2.18. The Morgan fingerprint density at radius 3 is 2.40 bits per heavy atom. The Kier molecular flexibility index (Phi) is 9.76. The molecule has 0 spiro atoms. The van der Waals surface area contributed by atoms with Crippen molar-refractivity contribution in [2.45, 2.75) is 39.3 Å². The summed E-state index contributed by atoms with van der Waals surface area (Å²) in [5, 5.41) is 4.21. The number of carbonyl (C=O) groups excluding carboxylic acids is 2. The van der Waals surface area contributed by atoms with E-state index in [4.69, 9.17) is 39.5 Å². The van der Waals surface area contributed by atoms with Crippen molar-refractivity contribution in [2.24, 2.45) is 0 Å². The fourth-order valence-electron chi connectivity index (χ4n) is 2.76. The van der Waals surface area contributed by atoms with E-state index in [9.17, 15) is 9.59 Å². The number of benzene rings is 2. The van der Waals surface area contributed by atoms with Crippen LogP contribution in [0.5, 0.6) is 5.75 Å². The predicted octanol–water partition coefficient (Wildman–Crippen LogP) is 5.36. The molecule has 30 heavy (non-hydrogen) atoms. The molecule has 0 aromatic heterocycles. The van der Waals surface area contributed by atoms with E-state index in [0.29, 0.717) is 32.9 Å². The van der Waals surface area contributed by atoms with Crippen LogP contribution < -0.4 is 10.1 Å². The van der Waals surface area contributed by atoms with Crippen LogP contribution in [0.25, 0.3) is 0 Å². The lowest BCUT2D eigenvalue weighted by Crippen LogP contribution is -2.49. The van der Waals surface area contributed by atoms with Crippen LogP contribution >= 0.6 is 34.8 Å². The monoisotopic (exact) mass is 470 g/mol. The zero-order chi connectivity index (χ0) is 22.1. The lowest BCUT2D eigenvalue weighted by molar-refractivity contribution is -0.142. The van der Waals surface area contributed by atoms with E-state index in [-0.39, 0.29) is 25.0 Å². The van der Waals surface area contributed by atoms with Crippen LogP contribution in [0.15, 0.2) is 42.5 Å². The first-order valence-corrected chi connectivity index (χ1v) is 10.8. The molecule has 0 fully saturated rings. The second kappa shape index (κ2) is 12.0. The van der Waals surface area contributed by atoms with Crippen molar-refractivity contribution in [2.75, 3.05) is 13.2 Å². The number of amides is 2. The Morgan fingerprint density at radius 2 is 1.77 bits per heavy atom. The van der Waals surface area contributed by atoms with Crippen LogP contribution in [0.2, 0.25) is 15.1 Å².